The second kappa shape index (κ2) is 2.98. The molecule has 2 atom stereocenters. The first-order chi connectivity index (χ1) is 4.66. The van der Waals surface area contributed by atoms with Crippen LogP contribution in [0.15, 0.2) is 0 Å². The van der Waals surface area contributed by atoms with Gasteiger partial charge in [0.15, 0.2) is 10.5 Å². The van der Waals surface area contributed by atoms with Gasteiger partial charge in [-0.1, -0.05) is 0 Å². The number of aliphatic hydroxyl groups is 2. The molecule has 0 aromatic carbocycles. The van der Waals surface area contributed by atoms with Gasteiger partial charge in [0.05, 0.1) is 12.7 Å². The Kier molecular flexibility index (Phi) is 2.43. The first-order valence-corrected chi connectivity index (χ1v) is 4.07. The van der Waals surface area contributed by atoms with Crippen LogP contribution in [0.4, 0.5) is 0 Å². The molecule has 0 aromatic rings. The van der Waals surface area contributed by atoms with E-state index >= 15 is 0 Å². The molecule has 1 aliphatic rings. The van der Waals surface area contributed by atoms with Gasteiger partial charge in [-0.15, -0.1) is 0 Å². The van der Waals surface area contributed by atoms with Gasteiger partial charge in [-0.25, -0.2) is 0 Å². The van der Waals surface area contributed by atoms with E-state index in [2.05, 4.69) is 0 Å². The van der Waals surface area contributed by atoms with Crippen LogP contribution in [-0.2, 0) is 9.16 Å². The van der Waals surface area contributed by atoms with Crippen LogP contribution in [0, 0.1) is 0 Å². The second-order valence-corrected chi connectivity index (χ2v) is 2.83. The monoisotopic (exact) mass is 164 g/mol. The summed E-state index contributed by atoms with van der Waals surface area (Å²) in [6.45, 7) is 0.165. The van der Waals surface area contributed by atoms with E-state index in [0.717, 1.165) is 0 Å². The summed E-state index contributed by atoms with van der Waals surface area (Å²) in [6, 6.07) is 0. The van der Waals surface area contributed by atoms with E-state index < -0.39 is 12.1 Å². The first-order valence-electron chi connectivity index (χ1n) is 3.26. The molecule has 0 aromatic heterocycles. The molecule has 0 amide bonds. The molecule has 60 valence electrons. The molecule has 1 aliphatic heterocycles. The van der Waals surface area contributed by atoms with Crippen LogP contribution in [-0.4, -0.2) is 39.4 Å². The van der Waals surface area contributed by atoms with Crippen molar-refractivity contribution in [3.8, 4) is 0 Å². The maximum Gasteiger partial charge on any atom is 0.270 e. The summed E-state index contributed by atoms with van der Waals surface area (Å²) >= 11 is 0. The van der Waals surface area contributed by atoms with E-state index in [-0.39, 0.29) is 6.61 Å². The van der Waals surface area contributed by atoms with Crippen LogP contribution in [0.1, 0.15) is 12.8 Å². The lowest BCUT2D eigenvalue weighted by Crippen LogP contribution is -2.42. The van der Waals surface area contributed by atoms with Gasteiger partial charge in [0.25, 0.3) is 5.97 Å². The Balaban J connectivity index is 2.38. The van der Waals surface area contributed by atoms with Crippen LogP contribution in [0.2, 0.25) is 0 Å². The molecule has 0 saturated carbocycles. The van der Waals surface area contributed by atoms with E-state index in [9.17, 15) is 5.11 Å². The lowest BCUT2D eigenvalue weighted by Gasteiger charge is -2.32. The quantitative estimate of drug-likeness (QED) is 0.351. The first kappa shape index (κ1) is 8.16. The van der Waals surface area contributed by atoms with Crippen molar-refractivity contribution < 1.29 is 19.4 Å². The molecule has 10 heavy (non-hydrogen) atoms. The molecule has 5 heteroatoms. The van der Waals surface area contributed by atoms with Crippen LogP contribution < -0.4 is 0 Å². The Morgan fingerprint density at radius 3 is 2.80 bits per heavy atom. The fourth-order valence-electron chi connectivity index (χ4n) is 0.892. The molecule has 0 aliphatic carbocycles. The van der Waals surface area contributed by atoms with Crippen LogP contribution >= 0.6 is 0 Å². The summed E-state index contributed by atoms with van der Waals surface area (Å²) in [5.41, 5.74) is 0. The molecular formula is C5H12O4Si. The lowest BCUT2D eigenvalue weighted by atomic mass is 10.1. The molecule has 1 fully saturated rings. The van der Waals surface area contributed by atoms with Gasteiger partial charge in [-0.2, -0.15) is 0 Å². The van der Waals surface area contributed by atoms with Crippen molar-refractivity contribution in [1.82, 2.24) is 0 Å². The smallest absolute Gasteiger partial charge is 0.270 e. The van der Waals surface area contributed by atoms with Gasteiger partial charge in [0, 0.05) is 6.42 Å². The van der Waals surface area contributed by atoms with Gasteiger partial charge in [0.2, 0.25) is 0 Å². The van der Waals surface area contributed by atoms with E-state index in [1.165, 1.54) is 0 Å². The minimum atomic E-state index is -1.40. The van der Waals surface area contributed by atoms with Crippen molar-refractivity contribution in [3.63, 3.8) is 0 Å². The number of ether oxygens (including phenoxy) is 1. The van der Waals surface area contributed by atoms with Crippen LogP contribution in [0.5, 0.6) is 0 Å². The maximum absolute atomic E-state index is 9.28. The summed E-state index contributed by atoms with van der Waals surface area (Å²) in [7, 11) is 0.441. The number of hydrogen-bond donors (Lipinski definition) is 2. The highest BCUT2D eigenvalue weighted by atomic mass is 28.2. The molecular weight excluding hydrogens is 152 g/mol. The summed E-state index contributed by atoms with van der Waals surface area (Å²) < 4.78 is 9.63. The summed E-state index contributed by atoms with van der Waals surface area (Å²) in [5.74, 6) is -1.40. The van der Waals surface area contributed by atoms with Crippen LogP contribution in [0.25, 0.3) is 0 Å². The van der Waals surface area contributed by atoms with Crippen molar-refractivity contribution >= 4 is 10.5 Å². The fourth-order valence-corrected chi connectivity index (χ4v) is 1.21. The van der Waals surface area contributed by atoms with E-state index in [1.54, 1.807) is 0 Å². The third-order valence-electron chi connectivity index (χ3n) is 1.61. The molecule has 0 radical (unpaired) electrons. The number of hydrogen-bond acceptors (Lipinski definition) is 4. The third kappa shape index (κ3) is 1.77. The molecule has 2 unspecified atom stereocenters. The van der Waals surface area contributed by atoms with Crippen molar-refractivity contribution in [2.24, 2.45) is 0 Å². The number of aliphatic hydroxyl groups excluding tert-OH is 1. The van der Waals surface area contributed by atoms with Gasteiger partial charge < -0.3 is 19.4 Å². The van der Waals surface area contributed by atoms with Crippen molar-refractivity contribution in [1.29, 1.82) is 0 Å². The zero-order chi connectivity index (χ0) is 7.61. The Morgan fingerprint density at radius 2 is 2.40 bits per heavy atom. The van der Waals surface area contributed by atoms with Gasteiger partial charge >= 0.3 is 0 Å². The molecule has 1 saturated heterocycles. The zero-order valence-corrected chi connectivity index (χ0v) is 7.91. The van der Waals surface area contributed by atoms with Crippen molar-refractivity contribution in [2.45, 2.75) is 24.9 Å². The summed E-state index contributed by atoms with van der Waals surface area (Å²) in [6.07, 6.45) is 0.452. The summed E-state index contributed by atoms with van der Waals surface area (Å²) in [4.78, 5) is 0. The predicted octanol–water partition coefficient (Wildman–Crippen LogP) is -1.90. The van der Waals surface area contributed by atoms with Crippen LogP contribution in [0.3, 0.4) is 0 Å². The zero-order valence-electron chi connectivity index (χ0n) is 5.91. The second-order valence-electron chi connectivity index (χ2n) is 2.42. The van der Waals surface area contributed by atoms with Crippen molar-refractivity contribution in [3.05, 3.63) is 0 Å². The Bertz CT molecular complexity index is 110. The van der Waals surface area contributed by atoms with E-state index in [4.69, 9.17) is 14.3 Å². The normalized spacial score (nSPS) is 42.0. The molecule has 4 nitrogen and oxygen atoms in total. The highest BCUT2D eigenvalue weighted by Gasteiger charge is 2.32. The molecule has 0 bridgehead atoms. The van der Waals surface area contributed by atoms with Gasteiger partial charge in [-0.3, -0.25) is 0 Å². The number of rotatable bonds is 1. The maximum atomic E-state index is 9.28. The highest BCUT2D eigenvalue weighted by Crippen LogP contribution is 2.22. The Morgan fingerprint density at radius 1 is 1.70 bits per heavy atom. The Labute approximate surface area is 62.3 Å². The third-order valence-corrected chi connectivity index (χ3v) is 2.25. The highest BCUT2D eigenvalue weighted by molar-refractivity contribution is 5.98. The SMILES string of the molecule is OC1CCC(O)(O[SiH3])OC1. The average molecular weight is 164 g/mol. The molecule has 1 rings (SSSR count). The topological polar surface area (TPSA) is 58.9 Å². The largest absolute Gasteiger partial charge is 0.391 e. The minimum absolute atomic E-state index is 0.165. The summed E-state index contributed by atoms with van der Waals surface area (Å²) in [5, 5.41) is 18.2. The van der Waals surface area contributed by atoms with E-state index in [0.29, 0.717) is 23.3 Å². The van der Waals surface area contributed by atoms with Gasteiger partial charge in [0.1, 0.15) is 0 Å². The fraction of sp³-hybridized carbons (Fsp3) is 1.00. The standard InChI is InChI=1S/C5H12O4Si/c6-4-1-2-5(7,9-10)8-3-4/h4,6-7H,1-3H2,10H3. The lowest BCUT2D eigenvalue weighted by molar-refractivity contribution is -0.345. The van der Waals surface area contributed by atoms with Gasteiger partial charge in [-0.05, 0) is 6.42 Å². The average Bonchev–Trinajstić information content (AvgIpc) is 1.96. The molecule has 2 N–H and O–H groups in total. The Hall–Kier alpha value is 0.0569. The van der Waals surface area contributed by atoms with E-state index in [1.807, 2.05) is 0 Å². The molecule has 1 heterocycles. The minimum Gasteiger partial charge on any atom is -0.391 e. The molecule has 0 spiro atoms. The predicted molar refractivity (Wildman–Crippen MR) is 37.2 cm³/mol. The van der Waals surface area contributed by atoms with Crippen molar-refractivity contribution in [2.75, 3.05) is 6.61 Å².